The van der Waals surface area contributed by atoms with Crippen molar-refractivity contribution in [1.29, 1.82) is 0 Å². The van der Waals surface area contributed by atoms with Crippen LogP contribution < -0.4 is 0 Å². The van der Waals surface area contributed by atoms with Crippen molar-refractivity contribution in [1.82, 2.24) is 0 Å². The average molecular weight is 303 g/mol. The van der Waals surface area contributed by atoms with E-state index in [1.807, 2.05) is 30.3 Å². The van der Waals surface area contributed by atoms with Crippen molar-refractivity contribution in [3.63, 3.8) is 0 Å². The second-order valence-electron chi connectivity index (χ2n) is 4.94. The molecule has 0 fully saturated rings. The third kappa shape index (κ3) is 2.23. The minimum absolute atomic E-state index is 0.302. The molecule has 0 aromatic heterocycles. The van der Waals surface area contributed by atoms with Gasteiger partial charge in [-0.3, -0.25) is 0 Å². The summed E-state index contributed by atoms with van der Waals surface area (Å²) in [5.41, 5.74) is 3.68. The van der Waals surface area contributed by atoms with Crippen LogP contribution in [0.1, 0.15) is 22.8 Å². The van der Waals surface area contributed by atoms with Crippen LogP contribution in [0.4, 0.5) is 0 Å². The van der Waals surface area contributed by atoms with Crippen molar-refractivity contribution in [3.8, 4) is 0 Å². The van der Waals surface area contributed by atoms with Crippen molar-refractivity contribution >= 4 is 15.9 Å². The van der Waals surface area contributed by atoms with Crippen molar-refractivity contribution in [3.05, 3.63) is 69.7 Å². The normalized spacial score (nSPS) is 21.9. The van der Waals surface area contributed by atoms with E-state index in [2.05, 4.69) is 34.1 Å². The van der Waals surface area contributed by atoms with Crippen molar-refractivity contribution < 1.29 is 5.11 Å². The number of benzene rings is 2. The van der Waals surface area contributed by atoms with Crippen molar-refractivity contribution in [2.45, 2.75) is 18.9 Å². The van der Waals surface area contributed by atoms with Gasteiger partial charge >= 0.3 is 0 Å². The van der Waals surface area contributed by atoms with Crippen LogP contribution in [0.15, 0.2) is 53.0 Å². The lowest BCUT2D eigenvalue weighted by Crippen LogP contribution is -2.10. The van der Waals surface area contributed by atoms with E-state index in [0.29, 0.717) is 5.92 Å². The van der Waals surface area contributed by atoms with E-state index >= 15 is 0 Å². The van der Waals surface area contributed by atoms with E-state index in [1.165, 1.54) is 11.1 Å². The number of fused-ring (bicyclic) bond motifs is 1. The van der Waals surface area contributed by atoms with Crippen molar-refractivity contribution in [2.24, 2.45) is 5.92 Å². The van der Waals surface area contributed by atoms with Gasteiger partial charge in [0, 0.05) is 4.47 Å². The third-order valence-electron chi connectivity index (χ3n) is 3.69. The molecule has 0 saturated carbocycles. The summed E-state index contributed by atoms with van der Waals surface area (Å²) >= 11 is 3.49. The van der Waals surface area contributed by atoms with Gasteiger partial charge in [0.15, 0.2) is 0 Å². The highest BCUT2D eigenvalue weighted by Crippen LogP contribution is 2.37. The Morgan fingerprint density at radius 2 is 1.94 bits per heavy atom. The van der Waals surface area contributed by atoms with Crippen LogP contribution in [0.5, 0.6) is 0 Å². The molecule has 0 bridgehead atoms. The number of aliphatic hydroxyl groups excluding tert-OH is 1. The van der Waals surface area contributed by atoms with Gasteiger partial charge in [0.05, 0.1) is 6.10 Å². The highest BCUT2D eigenvalue weighted by Gasteiger charge is 2.30. The predicted octanol–water partition coefficient (Wildman–Crippen LogP) is 3.90. The highest BCUT2D eigenvalue weighted by atomic mass is 79.9. The van der Waals surface area contributed by atoms with Gasteiger partial charge in [-0.1, -0.05) is 52.3 Å². The molecule has 1 N–H and O–H groups in total. The third-order valence-corrected chi connectivity index (χ3v) is 4.18. The zero-order valence-electron chi connectivity index (χ0n) is 10.0. The van der Waals surface area contributed by atoms with E-state index in [1.54, 1.807) is 0 Å². The lowest BCUT2D eigenvalue weighted by molar-refractivity contribution is 0.123. The Bertz CT molecular complexity index is 565. The van der Waals surface area contributed by atoms with E-state index in [9.17, 15) is 5.11 Å². The predicted molar refractivity (Wildman–Crippen MR) is 76.4 cm³/mol. The summed E-state index contributed by atoms with van der Waals surface area (Å²) in [6.45, 7) is 0. The van der Waals surface area contributed by atoms with Gasteiger partial charge in [-0.25, -0.2) is 0 Å². The molecule has 0 aliphatic heterocycles. The number of aliphatic hydroxyl groups is 1. The molecule has 0 unspecified atom stereocenters. The van der Waals surface area contributed by atoms with E-state index < -0.39 is 0 Å². The molecule has 18 heavy (non-hydrogen) atoms. The quantitative estimate of drug-likeness (QED) is 0.892. The summed E-state index contributed by atoms with van der Waals surface area (Å²) in [4.78, 5) is 0. The molecule has 0 heterocycles. The maximum Gasteiger partial charge on any atom is 0.0827 e. The second-order valence-corrected chi connectivity index (χ2v) is 5.86. The molecule has 1 nitrogen and oxygen atoms in total. The fourth-order valence-corrected chi connectivity index (χ4v) is 3.25. The van der Waals surface area contributed by atoms with Crippen LogP contribution in [0.25, 0.3) is 0 Å². The van der Waals surface area contributed by atoms with Crippen LogP contribution in [-0.2, 0) is 12.8 Å². The molecule has 0 amide bonds. The minimum atomic E-state index is -0.319. The number of rotatable bonds is 2. The lowest BCUT2D eigenvalue weighted by Gasteiger charge is -2.15. The molecule has 1 aliphatic rings. The molecule has 2 heteroatoms. The molecule has 0 saturated heterocycles. The van der Waals surface area contributed by atoms with Gasteiger partial charge in [-0.2, -0.15) is 0 Å². The Hall–Kier alpha value is -1.12. The Kier molecular flexibility index (Phi) is 3.23. The molecular formula is C16H15BrO. The SMILES string of the molecule is O[C@@H]1c2ccccc2C[C@H]1Cc1cccc(Br)c1. The smallest absolute Gasteiger partial charge is 0.0827 e. The van der Waals surface area contributed by atoms with Gasteiger partial charge in [0.25, 0.3) is 0 Å². The summed E-state index contributed by atoms with van der Waals surface area (Å²) in [7, 11) is 0. The maximum atomic E-state index is 10.4. The van der Waals surface area contributed by atoms with E-state index in [-0.39, 0.29) is 6.10 Å². The second kappa shape index (κ2) is 4.87. The maximum absolute atomic E-state index is 10.4. The topological polar surface area (TPSA) is 20.2 Å². The summed E-state index contributed by atoms with van der Waals surface area (Å²) in [6, 6.07) is 16.6. The first-order valence-corrected chi connectivity index (χ1v) is 7.03. The lowest BCUT2D eigenvalue weighted by atomic mass is 9.95. The molecule has 1 aliphatic carbocycles. The number of hydrogen-bond donors (Lipinski definition) is 1. The van der Waals surface area contributed by atoms with Crippen LogP contribution in [0, 0.1) is 5.92 Å². The Labute approximate surface area is 116 Å². The van der Waals surface area contributed by atoms with Crippen molar-refractivity contribution in [2.75, 3.05) is 0 Å². The minimum Gasteiger partial charge on any atom is -0.388 e. The first-order valence-electron chi connectivity index (χ1n) is 6.24. The zero-order valence-corrected chi connectivity index (χ0v) is 11.6. The van der Waals surface area contributed by atoms with Gasteiger partial charge in [-0.15, -0.1) is 0 Å². The first-order chi connectivity index (χ1) is 8.74. The Morgan fingerprint density at radius 1 is 1.11 bits per heavy atom. The molecule has 3 rings (SSSR count). The molecule has 92 valence electrons. The summed E-state index contributed by atoms with van der Waals surface area (Å²) < 4.78 is 1.10. The molecular weight excluding hydrogens is 288 g/mol. The fourth-order valence-electron chi connectivity index (χ4n) is 2.81. The molecule has 2 aromatic carbocycles. The summed E-state index contributed by atoms with van der Waals surface area (Å²) in [5, 5.41) is 10.4. The average Bonchev–Trinajstić information content (AvgIpc) is 2.67. The van der Waals surface area contributed by atoms with Gasteiger partial charge in [0.1, 0.15) is 0 Å². The zero-order chi connectivity index (χ0) is 12.5. The molecule has 0 radical (unpaired) electrons. The Morgan fingerprint density at radius 3 is 2.72 bits per heavy atom. The number of hydrogen-bond acceptors (Lipinski definition) is 1. The summed E-state index contributed by atoms with van der Waals surface area (Å²) in [5.74, 6) is 0.302. The van der Waals surface area contributed by atoms with Gasteiger partial charge in [-0.05, 0) is 47.6 Å². The largest absolute Gasteiger partial charge is 0.388 e. The Balaban J connectivity index is 1.81. The summed E-state index contributed by atoms with van der Waals surface area (Å²) in [6.07, 6.45) is 1.58. The fraction of sp³-hybridized carbons (Fsp3) is 0.250. The number of halogens is 1. The standard InChI is InChI=1S/C16H15BrO/c17-14-6-3-4-11(9-14)8-13-10-12-5-1-2-7-15(12)16(13)18/h1-7,9,13,16,18H,8,10H2/t13-,16+/m1/s1. The highest BCUT2D eigenvalue weighted by molar-refractivity contribution is 9.10. The van der Waals surface area contributed by atoms with Gasteiger partial charge in [0.2, 0.25) is 0 Å². The van der Waals surface area contributed by atoms with Crippen LogP contribution in [-0.4, -0.2) is 5.11 Å². The van der Waals surface area contributed by atoms with Crippen LogP contribution >= 0.6 is 15.9 Å². The molecule has 2 atom stereocenters. The molecule has 2 aromatic rings. The first kappa shape index (κ1) is 11.9. The monoisotopic (exact) mass is 302 g/mol. The van der Waals surface area contributed by atoms with Crippen LogP contribution in [0.2, 0.25) is 0 Å². The molecule has 0 spiro atoms. The van der Waals surface area contributed by atoms with E-state index in [4.69, 9.17) is 0 Å². The van der Waals surface area contributed by atoms with Gasteiger partial charge < -0.3 is 5.11 Å². The van der Waals surface area contributed by atoms with E-state index in [0.717, 1.165) is 22.9 Å². The van der Waals surface area contributed by atoms with Crippen LogP contribution in [0.3, 0.4) is 0 Å².